The first kappa shape index (κ1) is 19.0. The molecule has 0 aliphatic carbocycles. The first-order valence-electron chi connectivity index (χ1n) is 6.38. The van der Waals surface area contributed by atoms with Crippen LogP contribution in [0, 0.1) is 0 Å². The third-order valence-electron chi connectivity index (χ3n) is 2.00. The Bertz CT molecular complexity index is 287. The van der Waals surface area contributed by atoms with Crippen molar-refractivity contribution in [2.24, 2.45) is 4.99 Å². The Morgan fingerprint density at radius 3 is 2.22 bits per heavy atom. The highest BCUT2D eigenvalue weighted by atomic mass is 16.2. The van der Waals surface area contributed by atoms with Gasteiger partial charge in [-0.25, -0.2) is 0 Å². The quantitative estimate of drug-likeness (QED) is 0.593. The van der Waals surface area contributed by atoms with Gasteiger partial charge in [-0.2, -0.15) is 0 Å². The van der Waals surface area contributed by atoms with Gasteiger partial charge in [0, 0.05) is 18.5 Å². The smallest absolute Gasteiger partial charge is 0.0601 e. The van der Waals surface area contributed by atoms with Crippen LogP contribution in [-0.4, -0.2) is 17.4 Å². The molecule has 0 spiro atoms. The van der Waals surface area contributed by atoms with Crippen molar-refractivity contribution < 1.29 is 5.11 Å². The molecule has 0 amide bonds. The van der Waals surface area contributed by atoms with Gasteiger partial charge in [0.25, 0.3) is 0 Å². The van der Waals surface area contributed by atoms with E-state index in [-0.39, 0.29) is 0 Å². The minimum absolute atomic E-state index is 0.355. The van der Waals surface area contributed by atoms with Gasteiger partial charge in [0.05, 0.1) is 11.4 Å². The Kier molecular flexibility index (Phi) is 14.5. The van der Waals surface area contributed by atoms with Crippen molar-refractivity contribution in [2.75, 3.05) is 6.61 Å². The Balaban J connectivity index is 0. The van der Waals surface area contributed by atoms with E-state index in [0.29, 0.717) is 6.61 Å². The van der Waals surface area contributed by atoms with Crippen LogP contribution in [0.15, 0.2) is 41.8 Å². The summed E-state index contributed by atoms with van der Waals surface area (Å²) < 4.78 is 0. The maximum absolute atomic E-state index is 8.20. The summed E-state index contributed by atoms with van der Waals surface area (Å²) in [6.45, 7) is 15.4. The molecule has 0 aromatic carbocycles. The van der Waals surface area contributed by atoms with Crippen LogP contribution in [0.1, 0.15) is 47.0 Å². The lowest BCUT2D eigenvalue weighted by Crippen LogP contribution is -2.18. The third kappa shape index (κ3) is 12.7. The minimum Gasteiger partial charge on any atom is -0.396 e. The molecule has 0 saturated carbocycles. The zero-order valence-corrected chi connectivity index (χ0v) is 12.3. The molecule has 0 atom stereocenters. The van der Waals surface area contributed by atoms with E-state index in [4.69, 9.17) is 5.11 Å². The summed E-state index contributed by atoms with van der Waals surface area (Å²) in [4.78, 5) is 4.08. The molecule has 104 valence electrons. The molecule has 0 radical (unpaired) electrons. The molecule has 1 heterocycles. The second-order valence-corrected chi connectivity index (χ2v) is 3.97. The van der Waals surface area contributed by atoms with Crippen molar-refractivity contribution in [3.63, 3.8) is 0 Å². The van der Waals surface area contributed by atoms with E-state index in [2.05, 4.69) is 30.4 Å². The largest absolute Gasteiger partial charge is 0.396 e. The topological polar surface area (TPSA) is 44.6 Å². The lowest BCUT2D eigenvalue weighted by molar-refractivity contribution is 0.284. The first-order chi connectivity index (χ1) is 8.53. The number of aliphatic imine (C=N–C) groups is 1. The summed E-state index contributed by atoms with van der Waals surface area (Å²) in [6.07, 6.45) is 6.87. The molecule has 2 N–H and O–H groups in total. The summed E-state index contributed by atoms with van der Waals surface area (Å²) >= 11 is 0. The normalized spacial score (nSPS) is 12.8. The predicted molar refractivity (Wildman–Crippen MR) is 81.6 cm³/mol. The minimum atomic E-state index is 0.355. The summed E-state index contributed by atoms with van der Waals surface area (Å²) in [6, 6.07) is 0. The monoisotopic (exact) mass is 252 g/mol. The molecule has 18 heavy (non-hydrogen) atoms. The Morgan fingerprint density at radius 1 is 1.39 bits per heavy atom. The first-order valence-corrected chi connectivity index (χ1v) is 6.38. The van der Waals surface area contributed by atoms with E-state index in [1.165, 1.54) is 6.42 Å². The highest BCUT2D eigenvalue weighted by Crippen LogP contribution is 2.02. The molecule has 0 aromatic rings. The maximum atomic E-state index is 8.20. The number of nitrogens with one attached hydrogen (secondary N) is 1. The van der Waals surface area contributed by atoms with E-state index < -0.39 is 0 Å². The Labute approximate surface area is 112 Å². The molecular weight excluding hydrogens is 224 g/mol. The maximum Gasteiger partial charge on any atom is 0.0601 e. The molecule has 1 aliphatic heterocycles. The van der Waals surface area contributed by atoms with Crippen molar-refractivity contribution in [3.05, 3.63) is 36.8 Å². The molecular formula is C15H28N2O. The lowest BCUT2D eigenvalue weighted by atomic mass is 10.3. The second-order valence-electron chi connectivity index (χ2n) is 3.97. The molecule has 0 fully saturated rings. The average molecular weight is 252 g/mol. The molecule has 3 heteroatoms. The predicted octanol–water partition coefficient (Wildman–Crippen LogP) is 3.79. The van der Waals surface area contributed by atoms with Crippen LogP contribution < -0.4 is 5.32 Å². The number of nitrogens with zero attached hydrogens (tertiary/aromatic N) is 1. The number of hydrogen-bond donors (Lipinski definition) is 2. The van der Waals surface area contributed by atoms with Crippen molar-refractivity contribution in [2.45, 2.75) is 47.0 Å². The van der Waals surface area contributed by atoms with Crippen LogP contribution in [0.2, 0.25) is 0 Å². The zero-order chi connectivity index (χ0) is 14.4. The lowest BCUT2D eigenvalue weighted by Gasteiger charge is -2.12. The van der Waals surface area contributed by atoms with Crippen molar-refractivity contribution >= 4 is 5.71 Å². The Morgan fingerprint density at radius 2 is 1.94 bits per heavy atom. The van der Waals surface area contributed by atoms with E-state index >= 15 is 0 Å². The van der Waals surface area contributed by atoms with E-state index in [1.54, 1.807) is 12.3 Å². The van der Waals surface area contributed by atoms with Crippen LogP contribution in [0.5, 0.6) is 0 Å². The van der Waals surface area contributed by atoms with Crippen LogP contribution >= 0.6 is 0 Å². The molecule has 0 saturated heterocycles. The van der Waals surface area contributed by atoms with E-state index in [1.807, 2.05) is 20.8 Å². The van der Waals surface area contributed by atoms with Gasteiger partial charge in [-0.3, -0.25) is 4.99 Å². The number of unbranched alkanes of at least 4 members (excludes halogenated alkanes) is 2. The van der Waals surface area contributed by atoms with E-state index in [0.717, 1.165) is 29.9 Å². The van der Waals surface area contributed by atoms with Gasteiger partial charge in [0.15, 0.2) is 0 Å². The fraction of sp³-hybridized carbons (Fsp3) is 0.533. The van der Waals surface area contributed by atoms with Gasteiger partial charge in [-0.15, -0.1) is 6.58 Å². The van der Waals surface area contributed by atoms with Crippen LogP contribution in [0.25, 0.3) is 0 Å². The van der Waals surface area contributed by atoms with Gasteiger partial charge < -0.3 is 10.4 Å². The molecule has 0 bridgehead atoms. The molecule has 1 aliphatic rings. The van der Waals surface area contributed by atoms with E-state index in [9.17, 15) is 0 Å². The van der Waals surface area contributed by atoms with Gasteiger partial charge in [0.2, 0.25) is 0 Å². The summed E-state index contributed by atoms with van der Waals surface area (Å²) in [5.41, 5.74) is 2.90. The van der Waals surface area contributed by atoms with Gasteiger partial charge >= 0.3 is 0 Å². The van der Waals surface area contributed by atoms with Crippen LogP contribution in [-0.2, 0) is 0 Å². The second kappa shape index (κ2) is 13.7. The summed E-state index contributed by atoms with van der Waals surface area (Å²) in [5, 5.41) is 11.3. The summed E-state index contributed by atoms with van der Waals surface area (Å²) in [7, 11) is 0. The fourth-order valence-electron chi connectivity index (χ4n) is 0.994. The van der Waals surface area contributed by atoms with Gasteiger partial charge in [-0.1, -0.05) is 32.4 Å². The number of rotatable bonds is 3. The highest BCUT2D eigenvalue weighted by Gasteiger charge is 2.01. The average Bonchev–Trinajstić information content (AvgIpc) is 2.33. The molecule has 3 nitrogen and oxygen atoms in total. The number of aliphatic hydroxyl groups is 1. The standard InChI is InChI=1S/C7H10N2.C5H12O.C3H6/c1-5-4-8-6(2)7(3)9-5;1-2-3-4-5-6;1-3-2/h4,9H,3H2,1-2H3;6H,2-5H2,1H3;3H,1H2,2H3. The SMILES string of the molecule is C=C1NC(C)=CN=C1C.C=CC.CCCCCO. The third-order valence-corrected chi connectivity index (χ3v) is 2.00. The van der Waals surface area contributed by atoms with Crippen molar-refractivity contribution in [1.82, 2.24) is 5.32 Å². The highest BCUT2D eigenvalue weighted by molar-refractivity contribution is 5.98. The number of aliphatic hydroxyl groups excluding tert-OH is 1. The number of hydrogen-bond acceptors (Lipinski definition) is 3. The Hall–Kier alpha value is -1.35. The molecule has 0 aromatic heterocycles. The zero-order valence-electron chi connectivity index (χ0n) is 12.3. The van der Waals surface area contributed by atoms with Crippen LogP contribution in [0.3, 0.4) is 0 Å². The van der Waals surface area contributed by atoms with Crippen molar-refractivity contribution in [3.8, 4) is 0 Å². The number of allylic oxidation sites excluding steroid dienone is 3. The molecule has 0 unspecified atom stereocenters. The van der Waals surface area contributed by atoms with Crippen LogP contribution in [0.4, 0.5) is 0 Å². The van der Waals surface area contributed by atoms with Gasteiger partial charge in [0.1, 0.15) is 0 Å². The summed E-state index contributed by atoms with van der Waals surface area (Å²) in [5.74, 6) is 0. The van der Waals surface area contributed by atoms with Gasteiger partial charge in [-0.05, 0) is 27.2 Å². The fourth-order valence-corrected chi connectivity index (χ4v) is 0.994. The van der Waals surface area contributed by atoms with Crippen molar-refractivity contribution in [1.29, 1.82) is 0 Å². The molecule has 1 rings (SSSR count).